The van der Waals surface area contributed by atoms with E-state index in [1.54, 1.807) is 49.6 Å². The Hall–Kier alpha value is -3.18. The van der Waals surface area contributed by atoms with Gasteiger partial charge in [-0.05, 0) is 48.9 Å². The highest BCUT2D eigenvalue weighted by Crippen LogP contribution is 2.19. The molecule has 0 spiro atoms. The minimum atomic E-state index is -1.29. The number of carbonyl (C=O) groups excluding carboxylic acids is 1. The molecule has 0 aromatic heterocycles. The SMILES string of the molecule is CC1(O)C=CC=NC=C1NC(=O)c1ccc(OCc2ccccc2)cc1. The number of allylic oxidation sites excluding steroid dienone is 1. The molecule has 1 unspecified atom stereocenters. The molecule has 0 radical (unpaired) electrons. The van der Waals surface area contributed by atoms with Gasteiger partial charge in [-0.1, -0.05) is 30.3 Å². The zero-order chi connectivity index (χ0) is 18.4. The molecule has 2 N–H and O–H groups in total. The molecule has 1 heterocycles. The molecule has 0 saturated heterocycles. The van der Waals surface area contributed by atoms with Gasteiger partial charge < -0.3 is 15.2 Å². The van der Waals surface area contributed by atoms with Crippen LogP contribution in [0, 0.1) is 0 Å². The Morgan fingerprint density at radius 2 is 1.88 bits per heavy atom. The molecule has 0 fully saturated rings. The van der Waals surface area contributed by atoms with Gasteiger partial charge in [-0.3, -0.25) is 9.79 Å². The van der Waals surface area contributed by atoms with Gasteiger partial charge in [-0.15, -0.1) is 0 Å². The van der Waals surface area contributed by atoms with E-state index in [0.717, 1.165) is 5.56 Å². The number of rotatable bonds is 5. The minimum absolute atomic E-state index is 0.317. The van der Waals surface area contributed by atoms with Crippen LogP contribution < -0.4 is 10.1 Å². The Morgan fingerprint density at radius 3 is 2.62 bits per heavy atom. The molecule has 1 aliphatic rings. The van der Waals surface area contributed by atoms with E-state index in [1.165, 1.54) is 6.20 Å². The number of benzene rings is 2. The van der Waals surface area contributed by atoms with Crippen LogP contribution in [0.5, 0.6) is 5.75 Å². The van der Waals surface area contributed by atoms with Crippen LogP contribution in [0.25, 0.3) is 0 Å². The summed E-state index contributed by atoms with van der Waals surface area (Å²) in [4.78, 5) is 16.4. The van der Waals surface area contributed by atoms with Gasteiger partial charge in [0, 0.05) is 18.0 Å². The van der Waals surface area contributed by atoms with Crippen molar-refractivity contribution in [3.8, 4) is 5.75 Å². The van der Waals surface area contributed by atoms with Crippen molar-refractivity contribution >= 4 is 12.1 Å². The van der Waals surface area contributed by atoms with Crippen LogP contribution in [-0.4, -0.2) is 22.8 Å². The minimum Gasteiger partial charge on any atom is -0.489 e. The number of hydrogen-bond acceptors (Lipinski definition) is 4. The fourth-order valence-corrected chi connectivity index (χ4v) is 2.41. The third-order valence-corrected chi connectivity index (χ3v) is 3.95. The number of hydrogen-bond donors (Lipinski definition) is 2. The van der Waals surface area contributed by atoms with Crippen molar-refractivity contribution in [1.29, 1.82) is 0 Å². The van der Waals surface area contributed by atoms with Crippen LogP contribution in [0.15, 0.2) is 83.6 Å². The van der Waals surface area contributed by atoms with E-state index in [2.05, 4.69) is 10.3 Å². The molecule has 1 amide bonds. The standard InChI is InChI=1S/C21H20N2O3/c1-21(25)12-5-13-22-14-19(21)23-20(24)17-8-10-18(11-9-17)26-15-16-6-3-2-4-7-16/h2-14,25H,15H2,1H3,(H,23,24). The Labute approximate surface area is 152 Å². The summed E-state index contributed by atoms with van der Waals surface area (Å²) in [5.41, 5.74) is 0.568. The van der Waals surface area contributed by atoms with Crippen molar-refractivity contribution in [1.82, 2.24) is 5.32 Å². The summed E-state index contributed by atoms with van der Waals surface area (Å²) in [5.74, 6) is 0.357. The monoisotopic (exact) mass is 348 g/mol. The number of carbonyl (C=O) groups is 1. The average molecular weight is 348 g/mol. The maximum Gasteiger partial charge on any atom is 0.255 e. The lowest BCUT2D eigenvalue weighted by atomic mass is 10.0. The zero-order valence-corrected chi connectivity index (χ0v) is 14.4. The first-order chi connectivity index (χ1) is 12.5. The fraction of sp³-hybridized carbons (Fsp3) is 0.143. The van der Waals surface area contributed by atoms with Gasteiger partial charge in [0.1, 0.15) is 18.0 Å². The number of aliphatic hydroxyl groups is 1. The topological polar surface area (TPSA) is 70.9 Å². The number of nitrogens with zero attached hydrogens (tertiary/aromatic N) is 1. The van der Waals surface area contributed by atoms with Crippen molar-refractivity contribution in [2.24, 2.45) is 4.99 Å². The number of amides is 1. The first-order valence-electron chi connectivity index (χ1n) is 8.27. The second-order valence-electron chi connectivity index (χ2n) is 6.10. The number of aliphatic imine (C=N–C) groups is 1. The largest absolute Gasteiger partial charge is 0.489 e. The smallest absolute Gasteiger partial charge is 0.255 e. The van der Waals surface area contributed by atoms with Crippen molar-refractivity contribution in [2.75, 3.05) is 0 Å². The molecule has 5 heteroatoms. The van der Waals surface area contributed by atoms with E-state index >= 15 is 0 Å². The highest BCUT2D eigenvalue weighted by atomic mass is 16.5. The van der Waals surface area contributed by atoms with Crippen molar-refractivity contribution < 1.29 is 14.6 Å². The first kappa shape index (κ1) is 17.6. The summed E-state index contributed by atoms with van der Waals surface area (Å²) >= 11 is 0. The highest BCUT2D eigenvalue weighted by molar-refractivity contribution is 5.95. The molecule has 132 valence electrons. The maximum absolute atomic E-state index is 12.4. The van der Waals surface area contributed by atoms with Crippen LogP contribution in [0.3, 0.4) is 0 Å². The third-order valence-electron chi connectivity index (χ3n) is 3.95. The molecule has 3 rings (SSSR count). The van der Waals surface area contributed by atoms with Crippen LogP contribution >= 0.6 is 0 Å². The quantitative estimate of drug-likeness (QED) is 0.871. The second-order valence-corrected chi connectivity index (χ2v) is 6.10. The van der Waals surface area contributed by atoms with Crippen LogP contribution in [-0.2, 0) is 6.61 Å². The van der Waals surface area contributed by atoms with Gasteiger partial charge in [0.15, 0.2) is 0 Å². The lowest BCUT2D eigenvalue weighted by Gasteiger charge is -2.22. The molecule has 2 aromatic carbocycles. The van der Waals surface area contributed by atoms with E-state index in [-0.39, 0.29) is 5.91 Å². The normalized spacial score (nSPS) is 18.8. The summed E-state index contributed by atoms with van der Waals surface area (Å²) in [7, 11) is 0. The van der Waals surface area contributed by atoms with E-state index < -0.39 is 5.60 Å². The summed E-state index contributed by atoms with van der Waals surface area (Å²) in [5, 5.41) is 13.1. The summed E-state index contributed by atoms with van der Waals surface area (Å²) < 4.78 is 5.72. The summed E-state index contributed by atoms with van der Waals surface area (Å²) in [6, 6.07) is 16.7. The maximum atomic E-state index is 12.4. The van der Waals surface area contributed by atoms with Gasteiger partial charge in [0.25, 0.3) is 5.91 Å². The molecule has 0 saturated carbocycles. The predicted molar refractivity (Wildman–Crippen MR) is 101 cm³/mol. The van der Waals surface area contributed by atoms with Gasteiger partial charge in [-0.2, -0.15) is 0 Å². The highest BCUT2D eigenvalue weighted by Gasteiger charge is 2.25. The summed E-state index contributed by atoms with van der Waals surface area (Å²) in [6.45, 7) is 2.05. The first-order valence-corrected chi connectivity index (χ1v) is 8.27. The van der Waals surface area contributed by atoms with Crippen molar-refractivity contribution in [3.05, 3.63) is 89.8 Å². The lowest BCUT2D eigenvalue weighted by molar-refractivity contribution is 0.0919. The molecular weight excluding hydrogens is 328 g/mol. The Morgan fingerprint density at radius 1 is 1.15 bits per heavy atom. The van der Waals surface area contributed by atoms with E-state index in [1.807, 2.05) is 30.3 Å². The molecule has 26 heavy (non-hydrogen) atoms. The van der Waals surface area contributed by atoms with Gasteiger partial charge >= 0.3 is 0 Å². The van der Waals surface area contributed by atoms with Crippen LogP contribution in [0.2, 0.25) is 0 Å². The zero-order valence-electron chi connectivity index (χ0n) is 14.4. The van der Waals surface area contributed by atoms with E-state index in [9.17, 15) is 9.90 Å². The third kappa shape index (κ3) is 4.46. The van der Waals surface area contributed by atoms with E-state index in [4.69, 9.17) is 4.74 Å². The van der Waals surface area contributed by atoms with Crippen LogP contribution in [0.4, 0.5) is 0 Å². The second kappa shape index (κ2) is 7.80. The van der Waals surface area contributed by atoms with Crippen LogP contribution in [0.1, 0.15) is 22.8 Å². The molecular formula is C21H20N2O3. The molecule has 5 nitrogen and oxygen atoms in total. The molecule has 0 bridgehead atoms. The van der Waals surface area contributed by atoms with Crippen molar-refractivity contribution in [2.45, 2.75) is 19.1 Å². The van der Waals surface area contributed by atoms with Gasteiger partial charge in [-0.25, -0.2) is 0 Å². The Kier molecular flexibility index (Phi) is 5.29. The lowest BCUT2D eigenvalue weighted by Crippen LogP contribution is -2.36. The van der Waals surface area contributed by atoms with Gasteiger partial charge in [0.2, 0.25) is 0 Å². The Balaban J connectivity index is 1.63. The predicted octanol–water partition coefficient (Wildman–Crippen LogP) is 3.23. The molecule has 2 aromatic rings. The van der Waals surface area contributed by atoms with Crippen molar-refractivity contribution in [3.63, 3.8) is 0 Å². The number of ether oxygens (including phenoxy) is 1. The molecule has 1 atom stereocenters. The van der Waals surface area contributed by atoms with Gasteiger partial charge in [0.05, 0.1) is 5.70 Å². The average Bonchev–Trinajstić information content (AvgIpc) is 2.82. The number of nitrogens with one attached hydrogen (secondary N) is 1. The summed E-state index contributed by atoms with van der Waals surface area (Å²) in [6.07, 6.45) is 6.19. The molecule has 0 aliphatic carbocycles. The van der Waals surface area contributed by atoms with E-state index in [0.29, 0.717) is 23.6 Å². The Bertz CT molecular complexity index is 851. The fourth-order valence-electron chi connectivity index (χ4n) is 2.41. The molecule has 1 aliphatic heterocycles.